The number of hydrogen-bond acceptors (Lipinski definition) is 1. The topological polar surface area (TPSA) is 13.1 Å². The van der Waals surface area contributed by atoms with Crippen molar-refractivity contribution in [3.05, 3.63) is 149 Å². The molecular weight excluding hydrogens is 556 g/mol. The minimum Gasteiger partial charge on any atom is -0.456 e. The van der Waals surface area contributed by atoms with Gasteiger partial charge >= 0.3 is 0 Å². The Morgan fingerprint density at radius 3 is 2.02 bits per heavy atom. The molecule has 1 unspecified atom stereocenters. The van der Waals surface area contributed by atoms with Crippen LogP contribution in [0.25, 0.3) is 84.1 Å². The van der Waals surface area contributed by atoms with E-state index in [1.54, 1.807) is 0 Å². The molecule has 3 aliphatic rings. The monoisotopic (exact) mass is 588 g/mol. The van der Waals surface area contributed by atoms with Gasteiger partial charge in [-0.2, -0.15) is 0 Å². The highest BCUT2D eigenvalue weighted by atomic mass is 16.3. The summed E-state index contributed by atoms with van der Waals surface area (Å²) in [4.78, 5) is 0. The average molecular weight is 589 g/mol. The fraction of sp³-hybridized carbons (Fsp3) is 0.111. The van der Waals surface area contributed by atoms with Gasteiger partial charge in [0.25, 0.3) is 0 Å². The number of fused-ring (bicyclic) bond motifs is 10. The average Bonchev–Trinajstić information content (AvgIpc) is 3.61. The van der Waals surface area contributed by atoms with Gasteiger partial charge in [0.1, 0.15) is 11.3 Å². The van der Waals surface area contributed by atoms with Gasteiger partial charge in [-0.3, -0.25) is 0 Å². The Bertz CT molecular complexity index is 2510. The van der Waals surface area contributed by atoms with Gasteiger partial charge in [0, 0.05) is 16.5 Å². The van der Waals surface area contributed by atoms with Crippen molar-refractivity contribution in [1.82, 2.24) is 0 Å². The fourth-order valence-electron chi connectivity index (χ4n) is 8.37. The summed E-state index contributed by atoms with van der Waals surface area (Å²) >= 11 is 0. The quantitative estimate of drug-likeness (QED) is 0.196. The van der Waals surface area contributed by atoms with E-state index in [9.17, 15) is 0 Å². The Hall–Kier alpha value is -5.40. The van der Waals surface area contributed by atoms with Crippen molar-refractivity contribution in [2.24, 2.45) is 5.92 Å². The maximum atomic E-state index is 6.62. The second kappa shape index (κ2) is 9.80. The van der Waals surface area contributed by atoms with E-state index in [2.05, 4.69) is 140 Å². The number of furan rings is 1. The molecule has 1 atom stereocenters. The summed E-state index contributed by atoms with van der Waals surface area (Å²) in [7, 11) is 0. The Balaban J connectivity index is 1.29. The largest absolute Gasteiger partial charge is 0.456 e. The molecule has 3 aliphatic carbocycles. The molecule has 0 saturated heterocycles. The molecule has 0 spiro atoms. The van der Waals surface area contributed by atoms with Crippen LogP contribution >= 0.6 is 0 Å². The fourth-order valence-corrected chi connectivity index (χ4v) is 8.37. The van der Waals surface area contributed by atoms with E-state index >= 15 is 0 Å². The molecule has 218 valence electrons. The van der Waals surface area contributed by atoms with E-state index in [1.165, 1.54) is 88.1 Å². The standard InChI is InChI=1S/C45H32O/c1-27-20-23-37-38(24-21-27)44(34-15-5-4-14-33(34)43(37)32-16-8-11-28-10-2-3-12-30(28)32)36-18-9-17-35-40(36)26-29-22-25-39-31-13-6-7-19-41(31)46-45(39)42(29)35/h2-5,7-12,14-25,27H,6,13,26H2,1H3. The second-order valence-corrected chi connectivity index (χ2v) is 13.1. The van der Waals surface area contributed by atoms with E-state index < -0.39 is 0 Å². The van der Waals surface area contributed by atoms with Gasteiger partial charge in [-0.25, -0.2) is 0 Å². The molecule has 1 heterocycles. The number of hydrogen-bond donors (Lipinski definition) is 0. The molecule has 0 amide bonds. The molecule has 1 heteroatoms. The van der Waals surface area contributed by atoms with Crippen molar-refractivity contribution in [3.8, 4) is 33.4 Å². The van der Waals surface area contributed by atoms with E-state index in [-0.39, 0.29) is 0 Å². The molecular formula is C45H32O. The van der Waals surface area contributed by atoms with Gasteiger partial charge in [0.05, 0.1) is 0 Å². The Morgan fingerprint density at radius 1 is 0.565 bits per heavy atom. The molecule has 0 radical (unpaired) electrons. The normalized spacial score (nSPS) is 16.1. The van der Waals surface area contributed by atoms with E-state index in [0.717, 1.165) is 30.6 Å². The Labute approximate surface area is 268 Å². The smallest absolute Gasteiger partial charge is 0.143 e. The molecule has 0 aliphatic heterocycles. The van der Waals surface area contributed by atoms with Crippen molar-refractivity contribution in [2.75, 3.05) is 0 Å². The molecule has 0 saturated carbocycles. The molecule has 46 heavy (non-hydrogen) atoms. The van der Waals surface area contributed by atoms with Crippen LogP contribution in [0.5, 0.6) is 0 Å². The number of benzene rings is 6. The van der Waals surface area contributed by atoms with Crippen molar-refractivity contribution in [3.63, 3.8) is 0 Å². The molecule has 1 aromatic heterocycles. The van der Waals surface area contributed by atoms with Gasteiger partial charge in [-0.15, -0.1) is 0 Å². The lowest BCUT2D eigenvalue weighted by Gasteiger charge is -2.22. The highest BCUT2D eigenvalue weighted by Gasteiger charge is 2.29. The van der Waals surface area contributed by atoms with Crippen LogP contribution in [0.1, 0.15) is 46.9 Å². The van der Waals surface area contributed by atoms with Crippen LogP contribution in [-0.2, 0) is 12.8 Å². The van der Waals surface area contributed by atoms with Crippen molar-refractivity contribution in [2.45, 2.75) is 26.2 Å². The van der Waals surface area contributed by atoms with Crippen LogP contribution in [0.3, 0.4) is 0 Å². The van der Waals surface area contributed by atoms with Crippen LogP contribution in [0.15, 0.2) is 120 Å². The second-order valence-electron chi connectivity index (χ2n) is 13.1. The summed E-state index contributed by atoms with van der Waals surface area (Å²) in [5.41, 5.74) is 15.6. The van der Waals surface area contributed by atoms with Crippen LogP contribution in [0, 0.1) is 5.92 Å². The van der Waals surface area contributed by atoms with Gasteiger partial charge in [-0.1, -0.05) is 134 Å². The SMILES string of the molecule is CC1C=Cc2c(c(-c3cccc4ccccc34)c3ccccc3c2-c2cccc3c2Cc2ccc4c5c(oc4c2-3)C=CCC5)C=C1. The lowest BCUT2D eigenvalue weighted by Crippen LogP contribution is -1.98. The lowest BCUT2D eigenvalue weighted by atomic mass is 9.81. The maximum absolute atomic E-state index is 6.62. The summed E-state index contributed by atoms with van der Waals surface area (Å²) < 4.78 is 6.62. The summed E-state index contributed by atoms with van der Waals surface area (Å²) in [5.74, 6) is 1.38. The third kappa shape index (κ3) is 3.63. The summed E-state index contributed by atoms with van der Waals surface area (Å²) in [6, 6.07) is 36.1. The molecule has 10 rings (SSSR count). The molecule has 1 nitrogen and oxygen atoms in total. The molecule has 7 aromatic rings. The molecule has 6 aromatic carbocycles. The van der Waals surface area contributed by atoms with Gasteiger partial charge in [0.2, 0.25) is 0 Å². The van der Waals surface area contributed by atoms with Crippen LogP contribution in [0.4, 0.5) is 0 Å². The predicted molar refractivity (Wildman–Crippen MR) is 195 cm³/mol. The zero-order chi connectivity index (χ0) is 30.4. The first kappa shape index (κ1) is 25.9. The van der Waals surface area contributed by atoms with Crippen molar-refractivity contribution < 1.29 is 4.42 Å². The Kier molecular flexibility index (Phi) is 5.51. The van der Waals surface area contributed by atoms with Crippen LogP contribution in [0.2, 0.25) is 0 Å². The zero-order valence-corrected chi connectivity index (χ0v) is 25.8. The Morgan fingerprint density at radius 2 is 1.22 bits per heavy atom. The van der Waals surface area contributed by atoms with E-state index in [1.807, 2.05) is 0 Å². The number of rotatable bonds is 2. The van der Waals surface area contributed by atoms with Gasteiger partial charge in [-0.05, 0) is 103 Å². The highest BCUT2D eigenvalue weighted by molar-refractivity contribution is 6.16. The summed E-state index contributed by atoms with van der Waals surface area (Å²) in [6.45, 7) is 2.27. The summed E-state index contributed by atoms with van der Waals surface area (Å²) in [5, 5.41) is 6.42. The summed E-state index contributed by atoms with van der Waals surface area (Å²) in [6.07, 6.45) is 16.9. The molecule has 0 fully saturated rings. The van der Waals surface area contributed by atoms with Gasteiger partial charge < -0.3 is 4.42 Å². The molecule has 0 bridgehead atoms. The lowest BCUT2D eigenvalue weighted by molar-refractivity contribution is 0.596. The highest BCUT2D eigenvalue weighted by Crippen LogP contribution is 2.51. The molecule has 0 N–H and O–H groups in total. The minimum atomic E-state index is 0.349. The van der Waals surface area contributed by atoms with Crippen LogP contribution < -0.4 is 0 Å². The van der Waals surface area contributed by atoms with Crippen LogP contribution in [-0.4, -0.2) is 0 Å². The zero-order valence-electron chi connectivity index (χ0n) is 25.8. The third-order valence-corrected chi connectivity index (χ3v) is 10.5. The predicted octanol–water partition coefficient (Wildman–Crippen LogP) is 12.3. The first-order valence-corrected chi connectivity index (χ1v) is 16.5. The first-order chi connectivity index (χ1) is 22.7. The first-order valence-electron chi connectivity index (χ1n) is 16.5. The number of allylic oxidation sites excluding steroid dienone is 3. The van der Waals surface area contributed by atoms with Gasteiger partial charge in [0.15, 0.2) is 0 Å². The maximum Gasteiger partial charge on any atom is 0.143 e. The van der Waals surface area contributed by atoms with Crippen molar-refractivity contribution >= 4 is 50.7 Å². The van der Waals surface area contributed by atoms with Crippen molar-refractivity contribution in [1.29, 1.82) is 0 Å². The third-order valence-electron chi connectivity index (χ3n) is 10.5. The van der Waals surface area contributed by atoms with E-state index in [4.69, 9.17) is 4.42 Å². The van der Waals surface area contributed by atoms with E-state index in [0.29, 0.717) is 5.92 Å². The minimum absolute atomic E-state index is 0.349. The number of aryl methyl sites for hydroxylation is 1.